The third-order valence-electron chi connectivity index (χ3n) is 2.20. The van der Waals surface area contributed by atoms with Gasteiger partial charge < -0.3 is 0 Å². The maximum absolute atomic E-state index is 5.73. The first-order valence-corrected chi connectivity index (χ1v) is 7.02. The third-order valence-corrected chi connectivity index (χ3v) is 3.51. The van der Waals surface area contributed by atoms with Crippen molar-refractivity contribution < 1.29 is 0 Å². The monoisotopic (exact) mass is 258 g/mol. The molecule has 1 atom stereocenters. The highest BCUT2D eigenvalue weighted by atomic mass is 35.5. The second-order valence-corrected chi connectivity index (χ2v) is 6.10. The summed E-state index contributed by atoms with van der Waals surface area (Å²) in [6.45, 7) is 8.43. The van der Waals surface area contributed by atoms with Gasteiger partial charge in [-0.1, -0.05) is 20.8 Å². The molecule has 1 heterocycles. The maximum atomic E-state index is 5.73. The van der Waals surface area contributed by atoms with Crippen molar-refractivity contribution in [3.05, 3.63) is 17.6 Å². The lowest BCUT2D eigenvalue weighted by Gasteiger charge is -2.11. The van der Waals surface area contributed by atoms with Crippen molar-refractivity contribution in [3.63, 3.8) is 0 Å². The first-order chi connectivity index (χ1) is 7.52. The number of rotatable bonds is 5. The van der Waals surface area contributed by atoms with Crippen LogP contribution in [0.5, 0.6) is 0 Å². The van der Waals surface area contributed by atoms with E-state index in [1.165, 1.54) is 0 Å². The SMILES string of the molecule is Cc1cc(SC(C)CCCl)nc(C(C)C)n1. The Morgan fingerprint density at radius 2 is 2.00 bits per heavy atom. The molecule has 0 amide bonds. The van der Waals surface area contributed by atoms with Crippen LogP contribution in [0.25, 0.3) is 0 Å². The van der Waals surface area contributed by atoms with Crippen LogP contribution >= 0.6 is 23.4 Å². The molecule has 0 fully saturated rings. The highest BCUT2D eigenvalue weighted by molar-refractivity contribution is 7.99. The minimum absolute atomic E-state index is 0.377. The van der Waals surface area contributed by atoms with Crippen molar-refractivity contribution in [2.24, 2.45) is 0 Å². The molecule has 16 heavy (non-hydrogen) atoms. The molecule has 0 aromatic carbocycles. The van der Waals surface area contributed by atoms with Crippen LogP contribution in [0.15, 0.2) is 11.1 Å². The van der Waals surface area contributed by atoms with Crippen LogP contribution in [0, 0.1) is 6.92 Å². The topological polar surface area (TPSA) is 25.8 Å². The number of nitrogens with zero attached hydrogens (tertiary/aromatic N) is 2. The number of alkyl halides is 1. The lowest BCUT2D eigenvalue weighted by Crippen LogP contribution is -2.03. The van der Waals surface area contributed by atoms with Crippen LogP contribution in [0.2, 0.25) is 0 Å². The average Bonchev–Trinajstić information content (AvgIpc) is 2.16. The molecule has 1 aromatic rings. The van der Waals surface area contributed by atoms with E-state index >= 15 is 0 Å². The van der Waals surface area contributed by atoms with E-state index in [2.05, 4.69) is 30.7 Å². The Morgan fingerprint density at radius 1 is 1.31 bits per heavy atom. The molecule has 0 aliphatic carbocycles. The number of hydrogen-bond acceptors (Lipinski definition) is 3. The molecule has 0 saturated carbocycles. The number of aromatic nitrogens is 2. The Labute approximate surface area is 107 Å². The largest absolute Gasteiger partial charge is 0.238 e. The summed E-state index contributed by atoms with van der Waals surface area (Å²) in [5, 5.41) is 1.57. The summed E-state index contributed by atoms with van der Waals surface area (Å²) in [4.78, 5) is 9.00. The van der Waals surface area contributed by atoms with Gasteiger partial charge in [0.05, 0.1) is 0 Å². The number of thioether (sulfide) groups is 1. The van der Waals surface area contributed by atoms with E-state index in [-0.39, 0.29) is 0 Å². The van der Waals surface area contributed by atoms with Gasteiger partial charge in [-0.3, -0.25) is 0 Å². The van der Waals surface area contributed by atoms with Crippen molar-refractivity contribution in [1.29, 1.82) is 0 Å². The fourth-order valence-electron chi connectivity index (χ4n) is 1.30. The van der Waals surface area contributed by atoms with Gasteiger partial charge in [-0.25, -0.2) is 9.97 Å². The summed E-state index contributed by atoms with van der Waals surface area (Å²) >= 11 is 7.51. The molecule has 1 unspecified atom stereocenters. The predicted molar refractivity (Wildman–Crippen MR) is 71.5 cm³/mol. The molecule has 1 aromatic heterocycles. The fraction of sp³-hybridized carbons (Fsp3) is 0.667. The standard InChI is InChI=1S/C12H19ClN2S/c1-8(2)12-14-9(3)7-11(15-12)16-10(4)5-6-13/h7-8,10H,5-6H2,1-4H3. The van der Waals surface area contributed by atoms with Gasteiger partial charge in [0.1, 0.15) is 10.9 Å². The van der Waals surface area contributed by atoms with Crippen molar-refractivity contribution in [1.82, 2.24) is 9.97 Å². The van der Waals surface area contributed by atoms with E-state index in [9.17, 15) is 0 Å². The van der Waals surface area contributed by atoms with Crippen LogP contribution in [0.4, 0.5) is 0 Å². The molecule has 1 rings (SSSR count). The summed E-state index contributed by atoms with van der Waals surface area (Å²) in [5.41, 5.74) is 1.04. The lowest BCUT2D eigenvalue weighted by molar-refractivity contribution is 0.743. The number of halogens is 1. The Balaban J connectivity index is 2.80. The van der Waals surface area contributed by atoms with E-state index in [0.29, 0.717) is 17.0 Å². The summed E-state index contributed by atoms with van der Waals surface area (Å²) in [5.74, 6) is 2.01. The Bertz CT molecular complexity index is 342. The van der Waals surface area contributed by atoms with Crippen LogP contribution in [-0.2, 0) is 0 Å². The van der Waals surface area contributed by atoms with Gasteiger partial charge in [0.25, 0.3) is 0 Å². The first kappa shape index (κ1) is 13.8. The molecule has 0 aliphatic heterocycles. The summed E-state index contributed by atoms with van der Waals surface area (Å²) in [6, 6.07) is 2.04. The molecule has 0 spiro atoms. The average molecular weight is 259 g/mol. The highest BCUT2D eigenvalue weighted by Crippen LogP contribution is 2.25. The zero-order chi connectivity index (χ0) is 12.1. The van der Waals surface area contributed by atoms with Crippen LogP contribution in [0.1, 0.15) is 44.6 Å². The van der Waals surface area contributed by atoms with Gasteiger partial charge in [-0.15, -0.1) is 23.4 Å². The third kappa shape index (κ3) is 4.30. The van der Waals surface area contributed by atoms with E-state index in [0.717, 1.165) is 23.0 Å². The van der Waals surface area contributed by atoms with Crippen LogP contribution < -0.4 is 0 Å². The summed E-state index contributed by atoms with van der Waals surface area (Å²) < 4.78 is 0. The van der Waals surface area contributed by atoms with Gasteiger partial charge in [0.2, 0.25) is 0 Å². The minimum Gasteiger partial charge on any atom is -0.238 e. The predicted octanol–water partition coefficient (Wildman–Crippen LogP) is 4.02. The number of aryl methyl sites for hydroxylation is 1. The van der Waals surface area contributed by atoms with E-state index in [1.807, 2.05) is 13.0 Å². The second-order valence-electron chi connectivity index (χ2n) is 4.27. The molecule has 4 heteroatoms. The van der Waals surface area contributed by atoms with Gasteiger partial charge in [-0.05, 0) is 19.4 Å². The first-order valence-electron chi connectivity index (χ1n) is 5.61. The Hall–Kier alpha value is -0.280. The Kier molecular flexibility index (Phi) is 5.56. The number of hydrogen-bond donors (Lipinski definition) is 0. The molecule has 0 saturated heterocycles. The fourth-order valence-corrected chi connectivity index (χ4v) is 2.79. The zero-order valence-electron chi connectivity index (χ0n) is 10.3. The molecular formula is C12H19ClN2S. The normalized spacial score (nSPS) is 13.1. The summed E-state index contributed by atoms with van der Waals surface area (Å²) in [7, 11) is 0. The molecule has 0 N–H and O–H groups in total. The second kappa shape index (κ2) is 6.45. The molecule has 0 bridgehead atoms. The molecule has 0 radical (unpaired) electrons. The smallest absolute Gasteiger partial charge is 0.132 e. The molecular weight excluding hydrogens is 240 g/mol. The van der Waals surface area contributed by atoms with Crippen molar-refractivity contribution >= 4 is 23.4 Å². The van der Waals surface area contributed by atoms with Crippen LogP contribution in [0.3, 0.4) is 0 Å². The minimum atomic E-state index is 0.377. The Morgan fingerprint density at radius 3 is 2.56 bits per heavy atom. The molecule has 0 aliphatic rings. The van der Waals surface area contributed by atoms with E-state index < -0.39 is 0 Å². The quantitative estimate of drug-likeness (QED) is 0.453. The van der Waals surface area contributed by atoms with Gasteiger partial charge in [0.15, 0.2) is 0 Å². The van der Waals surface area contributed by atoms with E-state index in [4.69, 9.17) is 11.6 Å². The maximum Gasteiger partial charge on any atom is 0.132 e. The van der Waals surface area contributed by atoms with Crippen molar-refractivity contribution in [2.45, 2.75) is 50.3 Å². The van der Waals surface area contributed by atoms with Gasteiger partial charge in [-0.2, -0.15) is 0 Å². The van der Waals surface area contributed by atoms with Crippen molar-refractivity contribution in [2.75, 3.05) is 5.88 Å². The lowest BCUT2D eigenvalue weighted by atomic mass is 10.2. The molecule has 90 valence electrons. The van der Waals surface area contributed by atoms with Gasteiger partial charge >= 0.3 is 0 Å². The zero-order valence-corrected chi connectivity index (χ0v) is 11.9. The highest BCUT2D eigenvalue weighted by Gasteiger charge is 2.09. The summed E-state index contributed by atoms with van der Waals surface area (Å²) in [6.07, 6.45) is 1.01. The molecule has 2 nitrogen and oxygen atoms in total. The van der Waals surface area contributed by atoms with Crippen molar-refractivity contribution in [3.8, 4) is 0 Å². The van der Waals surface area contributed by atoms with Crippen LogP contribution in [-0.4, -0.2) is 21.1 Å². The van der Waals surface area contributed by atoms with E-state index in [1.54, 1.807) is 11.8 Å². The van der Waals surface area contributed by atoms with Gasteiger partial charge in [0, 0.05) is 22.7 Å².